The predicted octanol–water partition coefficient (Wildman–Crippen LogP) is 1.87. The maximum absolute atomic E-state index is 12.4. The van der Waals surface area contributed by atoms with Gasteiger partial charge in [0.05, 0.1) is 24.1 Å². The summed E-state index contributed by atoms with van der Waals surface area (Å²) in [6.45, 7) is 6.11. The number of methoxy groups -OCH3 is 1. The minimum absolute atomic E-state index is 0.138. The van der Waals surface area contributed by atoms with Crippen LogP contribution in [0.5, 0.6) is 5.75 Å². The molecular formula is C20H25N5O4S. The van der Waals surface area contributed by atoms with Gasteiger partial charge in [-0.1, -0.05) is 5.21 Å². The van der Waals surface area contributed by atoms with Crippen molar-refractivity contribution < 1.29 is 17.9 Å². The number of ether oxygens (including phenoxy) is 1. The van der Waals surface area contributed by atoms with E-state index in [1.54, 1.807) is 49.9 Å². The van der Waals surface area contributed by atoms with E-state index >= 15 is 0 Å². The lowest BCUT2D eigenvalue weighted by Gasteiger charge is -2.10. The third-order valence-electron chi connectivity index (χ3n) is 4.47. The largest absolute Gasteiger partial charge is 0.497 e. The van der Waals surface area contributed by atoms with Gasteiger partial charge in [-0.05, 0) is 62.7 Å². The standard InChI is InChI=1S/C20H25N5O4S/c1-13(2)23-30(27,28)16-6-8-19-18(12-16)22-24-25(19)10-9-21-20(26)17-7-5-15(29-4)11-14(17)3/h5-8,11-13,23H,9-10H2,1-4H3,(H,21,26). The Labute approximate surface area is 175 Å². The third-order valence-corrected chi connectivity index (χ3v) is 6.13. The van der Waals surface area contributed by atoms with Gasteiger partial charge >= 0.3 is 0 Å². The van der Waals surface area contributed by atoms with Gasteiger partial charge in [0.1, 0.15) is 11.3 Å². The Morgan fingerprint density at radius 3 is 2.63 bits per heavy atom. The van der Waals surface area contributed by atoms with E-state index < -0.39 is 10.0 Å². The molecule has 9 nitrogen and oxygen atoms in total. The first-order chi connectivity index (χ1) is 14.2. The smallest absolute Gasteiger partial charge is 0.251 e. The summed E-state index contributed by atoms with van der Waals surface area (Å²) in [6.07, 6.45) is 0. The molecule has 0 aliphatic rings. The summed E-state index contributed by atoms with van der Waals surface area (Å²) in [6, 6.07) is 9.74. The van der Waals surface area contributed by atoms with E-state index in [1.165, 1.54) is 12.1 Å². The van der Waals surface area contributed by atoms with Crippen molar-refractivity contribution in [2.24, 2.45) is 0 Å². The van der Waals surface area contributed by atoms with Gasteiger partial charge in [0.15, 0.2) is 0 Å². The Morgan fingerprint density at radius 1 is 1.20 bits per heavy atom. The first-order valence-electron chi connectivity index (χ1n) is 9.49. The minimum Gasteiger partial charge on any atom is -0.497 e. The molecule has 2 N–H and O–H groups in total. The molecule has 0 saturated carbocycles. The number of nitrogens with zero attached hydrogens (tertiary/aromatic N) is 3. The molecule has 1 aromatic heterocycles. The van der Waals surface area contributed by atoms with E-state index in [2.05, 4.69) is 20.4 Å². The number of aryl methyl sites for hydroxylation is 1. The van der Waals surface area contributed by atoms with Crippen molar-refractivity contribution in [2.45, 2.75) is 38.3 Å². The molecule has 30 heavy (non-hydrogen) atoms. The predicted molar refractivity (Wildman–Crippen MR) is 113 cm³/mol. The highest BCUT2D eigenvalue weighted by Gasteiger charge is 2.17. The maximum Gasteiger partial charge on any atom is 0.251 e. The number of rotatable bonds is 8. The van der Waals surface area contributed by atoms with Gasteiger partial charge in [-0.3, -0.25) is 4.79 Å². The van der Waals surface area contributed by atoms with E-state index in [9.17, 15) is 13.2 Å². The highest BCUT2D eigenvalue weighted by molar-refractivity contribution is 7.89. The molecule has 0 saturated heterocycles. The number of sulfonamides is 1. The normalized spacial score (nSPS) is 11.8. The average molecular weight is 432 g/mol. The second-order valence-corrected chi connectivity index (χ2v) is 8.89. The van der Waals surface area contributed by atoms with E-state index in [0.29, 0.717) is 35.4 Å². The quantitative estimate of drug-likeness (QED) is 0.563. The fourth-order valence-electron chi connectivity index (χ4n) is 3.05. The molecule has 0 radical (unpaired) electrons. The molecule has 3 rings (SSSR count). The van der Waals surface area contributed by atoms with Crippen LogP contribution in [0, 0.1) is 6.92 Å². The summed E-state index contributed by atoms with van der Waals surface area (Å²) in [5.74, 6) is 0.510. The Bertz CT molecular complexity index is 1170. The fraction of sp³-hybridized carbons (Fsp3) is 0.350. The molecule has 2 aromatic carbocycles. The van der Waals surface area contributed by atoms with Crippen LogP contribution >= 0.6 is 0 Å². The zero-order chi connectivity index (χ0) is 21.9. The second kappa shape index (κ2) is 8.80. The Balaban J connectivity index is 1.68. The molecule has 1 heterocycles. The summed E-state index contributed by atoms with van der Waals surface area (Å²) in [5.41, 5.74) is 2.56. The summed E-state index contributed by atoms with van der Waals surface area (Å²) in [7, 11) is -2.02. The van der Waals surface area contributed by atoms with Crippen LogP contribution in [0.4, 0.5) is 0 Å². The van der Waals surface area contributed by atoms with Crippen molar-refractivity contribution in [2.75, 3.05) is 13.7 Å². The average Bonchev–Trinajstić information content (AvgIpc) is 3.09. The van der Waals surface area contributed by atoms with Crippen LogP contribution in [0.25, 0.3) is 11.0 Å². The van der Waals surface area contributed by atoms with E-state index in [0.717, 1.165) is 5.56 Å². The summed E-state index contributed by atoms with van der Waals surface area (Å²) < 4.78 is 34.0. The zero-order valence-corrected chi connectivity index (χ0v) is 18.2. The van der Waals surface area contributed by atoms with Crippen molar-refractivity contribution in [3.8, 4) is 5.75 Å². The highest BCUT2D eigenvalue weighted by atomic mass is 32.2. The molecule has 0 spiro atoms. The van der Waals surface area contributed by atoms with Gasteiger partial charge in [-0.2, -0.15) is 0 Å². The number of nitrogens with one attached hydrogen (secondary N) is 2. The fourth-order valence-corrected chi connectivity index (χ4v) is 4.32. The third kappa shape index (κ3) is 4.77. The van der Waals surface area contributed by atoms with Crippen LogP contribution in [0.15, 0.2) is 41.3 Å². The minimum atomic E-state index is -3.60. The highest BCUT2D eigenvalue weighted by Crippen LogP contribution is 2.18. The molecule has 0 bridgehead atoms. The number of hydrogen-bond donors (Lipinski definition) is 2. The van der Waals surface area contributed by atoms with Gasteiger partial charge in [0.25, 0.3) is 5.91 Å². The van der Waals surface area contributed by atoms with Crippen LogP contribution in [-0.2, 0) is 16.6 Å². The molecule has 10 heteroatoms. The number of fused-ring (bicyclic) bond motifs is 1. The van der Waals surface area contributed by atoms with Gasteiger partial charge in [-0.25, -0.2) is 17.8 Å². The van der Waals surface area contributed by atoms with Gasteiger partial charge in [-0.15, -0.1) is 5.10 Å². The van der Waals surface area contributed by atoms with Crippen molar-refractivity contribution in [3.05, 3.63) is 47.5 Å². The summed E-state index contributed by atoms with van der Waals surface area (Å²) in [5, 5.41) is 11.0. The molecule has 0 fully saturated rings. The molecule has 0 atom stereocenters. The van der Waals surface area contributed by atoms with Gasteiger partial charge in [0, 0.05) is 18.2 Å². The number of hydrogen-bond acceptors (Lipinski definition) is 6. The van der Waals surface area contributed by atoms with Crippen LogP contribution in [-0.4, -0.2) is 49.0 Å². The Hall–Kier alpha value is -2.98. The number of amides is 1. The van der Waals surface area contributed by atoms with E-state index in [-0.39, 0.29) is 16.8 Å². The van der Waals surface area contributed by atoms with Crippen molar-refractivity contribution in [1.29, 1.82) is 0 Å². The van der Waals surface area contributed by atoms with Crippen LogP contribution in [0.2, 0.25) is 0 Å². The SMILES string of the molecule is COc1ccc(C(=O)NCCn2nnc3cc(S(=O)(=O)NC(C)C)ccc32)c(C)c1. The van der Waals surface area contributed by atoms with Crippen LogP contribution in [0.1, 0.15) is 29.8 Å². The maximum atomic E-state index is 12.4. The second-order valence-electron chi connectivity index (χ2n) is 7.18. The molecule has 0 aliphatic heterocycles. The first kappa shape index (κ1) is 21.7. The molecule has 0 aliphatic carbocycles. The number of benzene rings is 2. The molecule has 0 unspecified atom stereocenters. The lowest BCUT2D eigenvalue weighted by Crippen LogP contribution is -2.30. The number of carbonyl (C=O) groups is 1. The van der Waals surface area contributed by atoms with E-state index in [1.807, 2.05) is 6.92 Å². The summed E-state index contributed by atoms with van der Waals surface area (Å²) in [4.78, 5) is 12.6. The van der Waals surface area contributed by atoms with Crippen molar-refractivity contribution >= 4 is 27.0 Å². The van der Waals surface area contributed by atoms with Gasteiger partial charge in [0.2, 0.25) is 10.0 Å². The topological polar surface area (TPSA) is 115 Å². The van der Waals surface area contributed by atoms with Crippen LogP contribution in [0.3, 0.4) is 0 Å². The van der Waals surface area contributed by atoms with Crippen molar-refractivity contribution in [1.82, 2.24) is 25.0 Å². The molecule has 1 amide bonds. The monoisotopic (exact) mass is 431 g/mol. The molecule has 160 valence electrons. The van der Waals surface area contributed by atoms with Crippen molar-refractivity contribution in [3.63, 3.8) is 0 Å². The lowest BCUT2D eigenvalue weighted by atomic mass is 10.1. The number of aromatic nitrogens is 3. The first-order valence-corrected chi connectivity index (χ1v) is 11.0. The molecular weight excluding hydrogens is 406 g/mol. The van der Waals surface area contributed by atoms with E-state index in [4.69, 9.17) is 4.74 Å². The molecule has 3 aromatic rings. The zero-order valence-electron chi connectivity index (χ0n) is 17.3. The Kier molecular flexibility index (Phi) is 6.37. The number of carbonyl (C=O) groups excluding carboxylic acids is 1. The summed E-state index contributed by atoms with van der Waals surface area (Å²) >= 11 is 0. The lowest BCUT2D eigenvalue weighted by molar-refractivity contribution is 0.0951. The van der Waals surface area contributed by atoms with Gasteiger partial charge < -0.3 is 10.1 Å². The Morgan fingerprint density at radius 2 is 1.97 bits per heavy atom. The van der Waals surface area contributed by atoms with Crippen LogP contribution < -0.4 is 14.8 Å².